The summed E-state index contributed by atoms with van der Waals surface area (Å²) in [6, 6.07) is 18.1. The highest BCUT2D eigenvalue weighted by Gasteiger charge is 2.22. The predicted molar refractivity (Wildman–Crippen MR) is 110 cm³/mol. The van der Waals surface area contributed by atoms with Crippen LogP contribution in [0.1, 0.15) is 31.2 Å². The van der Waals surface area contributed by atoms with Gasteiger partial charge in [0.2, 0.25) is 0 Å². The van der Waals surface area contributed by atoms with E-state index in [1.54, 1.807) is 7.11 Å². The van der Waals surface area contributed by atoms with Crippen molar-refractivity contribution in [1.29, 1.82) is 0 Å². The van der Waals surface area contributed by atoms with E-state index >= 15 is 0 Å². The summed E-state index contributed by atoms with van der Waals surface area (Å²) in [6.07, 6.45) is 5.31. The van der Waals surface area contributed by atoms with E-state index in [0.717, 1.165) is 18.3 Å². The van der Waals surface area contributed by atoms with Gasteiger partial charge in [0.15, 0.2) is 0 Å². The Kier molecular flexibility index (Phi) is 6.70. The van der Waals surface area contributed by atoms with Gasteiger partial charge in [0.05, 0.1) is 7.11 Å². The van der Waals surface area contributed by atoms with Crippen molar-refractivity contribution < 1.29 is 4.74 Å². The van der Waals surface area contributed by atoms with Crippen LogP contribution < -0.4 is 4.74 Å². The third-order valence-corrected chi connectivity index (χ3v) is 5.39. The standard InChI is InChI=1S/C23H32N2O/c1-24(2)16-14-22-9-4-5-15-25(22)18-19-7-6-8-21(17-19)20-10-12-23(26-3)13-11-20/h6-8,10-13,17,22H,4-5,9,14-16,18H2,1-3H3. The van der Waals surface area contributed by atoms with Crippen molar-refractivity contribution in [3.63, 3.8) is 0 Å². The highest BCUT2D eigenvalue weighted by Crippen LogP contribution is 2.26. The normalized spacial score (nSPS) is 18.2. The van der Waals surface area contributed by atoms with Crippen molar-refractivity contribution in [2.45, 2.75) is 38.3 Å². The van der Waals surface area contributed by atoms with E-state index in [1.165, 1.54) is 55.5 Å². The molecule has 1 saturated heterocycles. The lowest BCUT2D eigenvalue weighted by Crippen LogP contribution is -2.40. The van der Waals surface area contributed by atoms with E-state index in [-0.39, 0.29) is 0 Å². The number of ether oxygens (including phenoxy) is 1. The van der Waals surface area contributed by atoms with E-state index in [1.807, 2.05) is 12.1 Å². The zero-order valence-corrected chi connectivity index (χ0v) is 16.4. The first-order valence-corrected chi connectivity index (χ1v) is 9.78. The largest absolute Gasteiger partial charge is 0.497 e. The Labute approximate surface area is 158 Å². The second-order valence-corrected chi connectivity index (χ2v) is 7.64. The van der Waals surface area contributed by atoms with Crippen LogP contribution in [0.3, 0.4) is 0 Å². The molecule has 2 aromatic carbocycles. The molecule has 2 aromatic rings. The number of hydrogen-bond acceptors (Lipinski definition) is 3. The number of nitrogens with zero attached hydrogens (tertiary/aromatic N) is 2. The summed E-state index contributed by atoms with van der Waals surface area (Å²) in [7, 11) is 6.05. The molecule has 26 heavy (non-hydrogen) atoms. The molecule has 0 radical (unpaired) electrons. The van der Waals surface area contributed by atoms with E-state index < -0.39 is 0 Å². The van der Waals surface area contributed by atoms with Gasteiger partial charge in [-0.1, -0.05) is 36.8 Å². The van der Waals surface area contributed by atoms with Gasteiger partial charge in [-0.25, -0.2) is 0 Å². The fraction of sp³-hybridized carbons (Fsp3) is 0.478. The van der Waals surface area contributed by atoms with Gasteiger partial charge < -0.3 is 9.64 Å². The maximum absolute atomic E-state index is 5.27. The van der Waals surface area contributed by atoms with Gasteiger partial charge in [0, 0.05) is 12.6 Å². The smallest absolute Gasteiger partial charge is 0.118 e. The van der Waals surface area contributed by atoms with Crippen LogP contribution in [0.25, 0.3) is 11.1 Å². The average Bonchev–Trinajstić information content (AvgIpc) is 2.67. The van der Waals surface area contributed by atoms with Crippen LogP contribution in [-0.4, -0.2) is 50.1 Å². The number of methoxy groups -OCH3 is 1. The van der Waals surface area contributed by atoms with Crippen molar-refractivity contribution in [2.24, 2.45) is 0 Å². The van der Waals surface area contributed by atoms with Gasteiger partial charge in [-0.2, -0.15) is 0 Å². The Bertz CT molecular complexity index is 681. The molecule has 0 N–H and O–H groups in total. The molecule has 3 heteroatoms. The van der Waals surface area contributed by atoms with Crippen LogP contribution in [0.15, 0.2) is 48.5 Å². The van der Waals surface area contributed by atoms with Gasteiger partial charge in [-0.05, 0) is 81.3 Å². The minimum atomic E-state index is 0.718. The summed E-state index contributed by atoms with van der Waals surface area (Å²) in [5.74, 6) is 0.905. The highest BCUT2D eigenvalue weighted by atomic mass is 16.5. The molecule has 3 rings (SSSR count). The topological polar surface area (TPSA) is 15.7 Å². The van der Waals surface area contributed by atoms with Gasteiger partial charge >= 0.3 is 0 Å². The summed E-state index contributed by atoms with van der Waals surface area (Å²) >= 11 is 0. The van der Waals surface area contributed by atoms with Crippen molar-refractivity contribution in [1.82, 2.24) is 9.80 Å². The van der Waals surface area contributed by atoms with E-state index in [9.17, 15) is 0 Å². The monoisotopic (exact) mass is 352 g/mol. The maximum Gasteiger partial charge on any atom is 0.118 e. The minimum Gasteiger partial charge on any atom is -0.497 e. The molecule has 0 saturated carbocycles. The SMILES string of the molecule is COc1ccc(-c2cccc(CN3CCCCC3CCN(C)C)c2)cc1. The van der Waals surface area contributed by atoms with Gasteiger partial charge in [-0.15, -0.1) is 0 Å². The molecule has 0 amide bonds. The molecule has 1 unspecified atom stereocenters. The molecule has 0 bridgehead atoms. The van der Waals surface area contributed by atoms with Crippen LogP contribution >= 0.6 is 0 Å². The molecule has 3 nitrogen and oxygen atoms in total. The van der Waals surface area contributed by atoms with Crippen LogP contribution in [0, 0.1) is 0 Å². The number of hydrogen-bond donors (Lipinski definition) is 0. The van der Waals surface area contributed by atoms with E-state index in [4.69, 9.17) is 4.74 Å². The lowest BCUT2D eigenvalue weighted by atomic mass is 9.97. The number of piperidine rings is 1. The van der Waals surface area contributed by atoms with Gasteiger partial charge in [-0.3, -0.25) is 4.90 Å². The Morgan fingerprint density at radius 1 is 1.04 bits per heavy atom. The number of rotatable bonds is 7. The highest BCUT2D eigenvalue weighted by molar-refractivity contribution is 5.64. The quantitative estimate of drug-likeness (QED) is 0.720. The molecule has 1 aliphatic heterocycles. The predicted octanol–water partition coefficient (Wildman–Crippen LogP) is 4.67. The van der Waals surface area contributed by atoms with Crippen molar-refractivity contribution in [3.8, 4) is 16.9 Å². The third-order valence-electron chi connectivity index (χ3n) is 5.39. The number of likely N-dealkylation sites (tertiary alicyclic amines) is 1. The average molecular weight is 353 g/mol. The van der Waals surface area contributed by atoms with Crippen LogP contribution in [-0.2, 0) is 6.54 Å². The molecule has 0 aromatic heterocycles. The molecule has 1 fully saturated rings. The van der Waals surface area contributed by atoms with Crippen molar-refractivity contribution in [2.75, 3.05) is 34.3 Å². The van der Waals surface area contributed by atoms with Crippen LogP contribution in [0.4, 0.5) is 0 Å². The van der Waals surface area contributed by atoms with Gasteiger partial charge in [0.1, 0.15) is 5.75 Å². The summed E-state index contributed by atoms with van der Waals surface area (Å²) < 4.78 is 5.27. The fourth-order valence-electron chi connectivity index (χ4n) is 3.87. The Morgan fingerprint density at radius 3 is 2.58 bits per heavy atom. The van der Waals surface area contributed by atoms with E-state index in [2.05, 4.69) is 60.3 Å². The first-order chi connectivity index (χ1) is 12.7. The van der Waals surface area contributed by atoms with Gasteiger partial charge in [0.25, 0.3) is 0 Å². The lowest BCUT2D eigenvalue weighted by molar-refractivity contribution is 0.124. The fourth-order valence-corrected chi connectivity index (χ4v) is 3.87. The molecule has 1 heterocycles. The Hall–Kier alpha value is -1.84. The molecular formula is C23H32N2O. The van der Waals surface area contributed by atoms with Crippen molar-refractivity contribution in [3.05, 3.63) is 54.1 Å². The summed E-state index contributed by atoms with van der Waals surface area (Å²) in [4.78, 5) is 5.00. The van der Waals surface area contributed by atoms with Crippen molar-refractivity contribution >= 4 is 0 Å². The summed E-state index contributed by atoms with van der Waals surface area (Å²) in [5.41, 5.74) is 3.94. The third kappa shape index (κ3) is 5.09. The second-order valence-electron chi connectivity index (χ2n) is 7.64. The first kappa shape index (κ1) is 18.9. The Morgan fingerprint density at radius 2 is 1.85 bits per heavy atom. The molecular weight excluding hydrogens is 320 g/mol. The van der Waals surface area contributed by atoms with Crippen LogP contribution in [0.5, 0.6) is 5.75 Å². The summed E-state index contributed by atoms with van der Waals surface area (Å²) in [6.45, 7) is 3.46. The zero-order valence-electron chi connectivity index (χ0n) is 16.4. The zero-order chi connectivity index (χ0) is 18.4. The molecule has 0 aliphatic carbocycles. The second kappa shape index (κ2) is 9.20. The first-order valence-electron chi connectivity index (χ1n) is 9.78. The van der Waals surface area contributed by atoms with Crippen LogP contribution in [0.2, 0.25) is 0 Å². The minimum absolute atomic E-state index is 0.718. The molecule has 1 aliphatic rings. The molecule has 140 valence electrons. The Balaban J connectivity index is 1.70. The maximum atomic E-state index is 5.27. The molecule has 0 spiro atoms. The summed E-state index contributed by atoms with van der Waals surface area (Å²) in [5, 5.41) is 0. The number of benzene rings is 2. The van der Waals surface area contributed by atoms with E-state index in [0.29, 0.717) is 0 Å². The molecule has 1 atom stereocenters. The lowest BCUT2D eigenvalue weighted by Gasteiger charge is -2.36.